The number of unbranched alkanes of at least 4 members (excludes halogenated alkanes) is 26. The fourth-order valence-electron chi connectivity index (χ4n) is 6.65. The highest BCUT2D eigenvalue weighted by Crippen LogP contribution is 2.20. The van der Waals surface area contributed by atoms with Gasteiger partial charge in [0.05, 0.1) is 6.10 Å². The van der Waals surface area contributed by atoms with Crippen LogP contribution < -0.4 is 0 Å². The SMILES string of the molecule is CCCCCCCCCCC(CCCCCCCCC)OCC(=O)OC(CCCCCCCCC)CCCCCCCCCC. The molecule has 0 radical (unpaired) electrons. The first kappa shape index (κ1) is 44.4. The van der Waals surface area contributed by atoms with Crippen LogP contribution in [0.1, 0.15) is 246 Å². The second kappa shape index (κ2) is 37.9. The van der Waals surface area contributed by atoms with E-state index in [-0.39, 0.29) is 24.8 Å². The first-order valence-electron chi connectivity index (χ1n) is 21.0. The molecule has 3 nitrogen and oxygen atoms in total. The zero-order valence-electron chi connectivity index (χ0n) is 31.6. The van der Waals surface area contributed by atoms with Gasteiger partial charge in [-0.1, -0.05) is 207 Å². The number of ether oxygens (including phenoxy) is 2. The zero-order valence-corrected chi connectivity index (χ0v) is 31.6. The molecule has 0 aliphatic heterocycles. The van der Waals surface area contributed by atoms with Crippen LogP contribution in [0.25, 0.3) is 0 Å². The molecule has 0 aliphatic carbocycles. The van der Waals surface area contributed by atoms with E-state index in [4.69, 9.17) is 9.47 Å². The van der Waals surface area contributed by atoms with E-state index >= 15 is 0 Å². The van der Waals surface area contributed by atoms with E-state index < -0.39 is 0 Å². The molecular formula is C42H84O3. The molecule has 2 unspecified atom stereocenters. The highest BCUT2D eigenvalue weighted by molar-refractivity contribution is 5.70. The Balaban J connectivity index is 4.63. The topological polar surface area (TPSA) is 35.5 Å². The molecule has 0 aromatic rings. The molecule has 0 fully saturated rings. The van der Waals surface area contributed by atoms with Crippen molar-refractivity contribution in [3.05, 3.63) is 0 Å². The Morgan fingerprint density at radius 3 is 0.889 bits per heavy atom. The standard InChI is InChI=1S/C42H84O3/c1-5-9-13-17-21-25-28-32-36-40(35-31-27-23-19-15-11-7-3)44-39-42(43)45-41(37-33-29-24-20-16-12-8-4)38-34-30-26-22-18-14-10-6-2/h40-41H,5-39H2,1-4H3. The third kappa shape index (κ3) is 34.6. The van der Waals surface area contributed by atoms with Gasteiger partial charge in [0.15, 0.2) is 0 Å². The lowest BCUT2D eigenvalue weighted by molar-refractivity contribution is -0.157. The summed E-state index contributed by atoms with van der Waals surface area (Å²) in [4.78, 5) is 13.0. The Labute approximate surface area is 284 Å². The molecule has 0 N–H and O–H groups in total. The molecule has 2 atom stereocenters. The Bertz CT molecular complexity index is 562. The number of rotatable bonds is 38. The van der Waals surface area contributed by atoms with Crippen molar-refractivity contribution in [3.8, 4) is 0 Å². The first-order valence-corrected chi connectivity index (χ1v) is 21.0. The Morgan fingerprint density at radius 2 is 0.600 bits per heavy atom. The van der Waals surface area contributed by atoms with Crippen LogP contribution in [0.2, 0.25) is 0 Å². The third-order valence-corrected chi connectivity index (χ3v) is 9.75. The highest BCUT2D eigenvalue weighted by Gasteiger charge is 2.17. The molecule has 0 bridgehead atoms. The van der Waals surface area contributed by atoms with Crippen molar-refractivity contribution in [2.45, 2.75) is 258 Å². The molecule has 0 rings (SSSR count). The second-order valence-corrected chi connectivity index (χ2v) is 14.4. The third-order valence-electron chi connectivity index (χ3n) is 9.75. The van der Waals surface area contributed by atoms with Crippen molar-refractivity contribution in [1.82, 2.24) is 0 Å². The van der Waals surface area contributed by atoms with Crippen molar-refractivity contribution in [3.63, 3.8) is 0 Å². The van der Waals surface area contributed by atoms with Crippen molar-refractivity contribution in [2.75, 3.05) is 6.61 Å². The minimum atomic E-state index is -0.122. The van der Waals surface area contributed by atoms with E-state index in [2.05, 4.69) is 27.7 Å². The maximum atomic E-state index is 13.0. The number of hydrogen-bond donors (Lipinski definition) is 0. The summed E-state index contributed by atoms with van der Waals surface area (Å²) in [7, 11) is 0. The summed E-state index contributed by atoms with van der Waals surface area (Å²) in [5, 5.41) is 0. The van der Waals surface area contributed by atoms with Crippen molar-refractivity contribution in [1.29, 1.82) is 0 Å². The van der Waals surface area contributed by atoms with Crippen LogP contribution in [0.4, 0.5) is 0 Å². The van der Waals surface area contributed by atoms with Gasteiger partial charge in [-0.15, -0.1) is 0 Å². The van der Waals surface area contributed by atoms with E-state index in [1.807, 2.05) is 0 Å². The van der Waals surface area contributed by atoms with E-state index in [0.717, 1.165) is 25.7 Å². The predicted octanol–water partition coefficient (Wildman–Crippen LogP) is 14.6. The molecule has 0 heterocycles. The summed E-state index contributed by atoms with van der Waals surface area (Å²) in [6.45, 7) is 9.28. The van der Waals surface area contributed by atoms with Gasteiger partial charge in [-0.2, -0.15) is 0 Å². The largest absolute Gasteiger partial charge is 0.461 e. The summed E-state index contributed by atoms with van der Waals surface area (Å²) >= 11 is 0. The lowest BCUT2D eigenvalue weighted by Gasteiger charge is -2.21. The van der Waals surface area contributed by atoms with Crippen molar-refractivity contribution >= 4 is 5.97 Å². The van der Waals surface area contributed by atoms with Gasteiger partial charge in [0, 0.05) is 0 Å². The van der Waals surface area contributed by atoms with Gasteiger partial charge in [-0.05, 0) is 38.5 Å². The maximum absolute atomic E-state index is 13.0. The minimum Gasteiger partial charge on any atom is -0.461 e. The summed E-state index contributed by atoms with van der Waals surface area (Å²) in [5.74, 6) is -0.122. The number of carbonyl (C=O) groups excluding carboxylic acids is 1. The molecule has 45 heavy (non-hydrogen) atoms. The summed E-state index contributed by atoms with van der Waals surface area (Å²) < 4.78 is 12.4. The molecule has 0 aromatic heterocycles. The Morgan fingerprint density at radius 1 is 0.356 bits per heavy atom. The van der Waals surface area contributed by atoms with Crippen LogP contribution in [0.3, 0.4) is 0 Å². The van der Waals surface area contributed by atoms with Gasteiger partial charge >= 0.3 is 5.97 Å². The molecule has 3 heteroatoms. The maximum Gasteiger partial charge on any atom is 0.332 e. The fraction of sp³-hybridized carbons (Fsp3) is 0.976. The van der Waals surface area contributed by atoms with E-state index in [1.165, 1.54) is 193 Å². The van der Waals surface area contributed by atoms with Crippen LogP contribution in [-0.2, 0) is 14.3 Å². The normalized spacial score (nSPS) is 12.9. The average Bonchev–Trinajstić information content (AvgIpc) is 3.04. The molecular weight excluding hydrogens is 552 g/mol. The van der Waals surface area contributed by atoms with E-state index in [0.29, 0.717) is 0 Å². The molecule has 270 valence electrons. The van der Waals surface area contributed by atoms with Gasteiger partial charge in [0.25, 0.3) is 0 Å². The lowest BCUT2D eigenvalue weighted by atomic mass is 10.0. The number of hydrogen-bond acceptors (Lipinski definition) is 3. The second-order valence-electron chi connectivity index (χ2n) is 14.4. The van der Waals surface area contributed by atoms with Crippen molar-refractivity contribution < 1.29 is 14.3 Å². The van der Waals surface area contributed by atoms with Gasteiger partial charge in [0.1, 0.15) is 12.7 Å². The zero-order chi connectivity index (χ0) is 32.9. The summed E-state index contributed by atoms with van der Waals surface area (Å²) in [6, 6.07) is 0. The van der Waals surface area contributed by atoms with Gasteiger partial charge < -0.3 is 9.47 Å². The molecule has 0 aliphatic rings. The smallest absolute Gasteiger partial charge is 0.332 e. The quantitative estimate of drug-likeness (QED) is 0.0499. The fourth-order valence-corrected chi connectivity index (χ4v) is 6.65. The van der Waals surface area contributed by atoms with Crippen LogP contribution >= 0.6 is 0 Å². The number of carbonyl (C=O) groups is 1. The van der Waals surface area contributed by atoms with Gasteiger partial charge in [0.2, 0.25) is 0 Å². The van der Waals surface area contributed by atoms with Crippen LogP contribution in [-0.4, -0.2) is 24.8 Å². The number of esters is 1. The first-order chi connectivity index (χ1) is 22.2. The van der Waals surface area contributed by atoms with Gasteiger partial charge in [-0.25, -0.2) is 4.79 Å². The molecule has 0 saturated carbocycles. The van der Waals surface area contributed by atoms with E-state index in [9.17, 15) is 4.79 Å². The van der Waals surface area contributed by atoms with Crippen molar-refractivity contribution in [2.24, 2.45) is 0 Å². The van der Waals surface area contributed by atoms with Crippen LogP contribution in [0.5, 0.6) is 0 Å². The predicted molar refractivity (Wildman–Crippen MR) is 199 cm³/mol. The summed E-state index contributed by atoms with van der Waals surface area (Å²) in [5.41, 5.74) is 0. The van der Waals surface area contributed by atoms with Gasteiger partial charge in [-0.3, -0.25) is 0 Å². The molecule has 0 aromatic carbocycles. The molecule has 0 spiro atoms. The Kier molecular flexibility index (Phi) is 37.4. The summed E-state index contributed by atoms with van der Waals surface area (Å²) in [6.07, 6.45) is 44.2. The minimum absolute atomic E-state index is 0.0751. The van der Waals surface area contributed by atoms with E-state index in [1.54, 1.807) is 0 Å². The highest BCUT2D eigenvalue weighted by atomic mass is 16.6. The van der Waals surface area contributed by atoms with Crippen LogP contribution in [0, 0.1) is 0 Å². The molecule has 0 amide bonds. The Hall–Kier alpha value is -0.570. The average molecular weight is 637 g/mol. The lowest BCUT2D eigenvalue weighted by Crippen LogP contribution is -2.25. The monoisotopic (exact) mass is 637 g/mol. The molecule has 0 saturated heterocycles. The van der Waals surface area contributed by atoms with Crippen LogP contribution in [0.15, 0.2) is 0 Å².